The van der Waals surface area contributed by atoms with Crippen molar-refractivity contribution in [1.29, 1.82) is 0 Å². The Hall–Kier alpha value is -1.15. The Bertz CT molecular complexity index is 448. The lowest BCUT2D eigenvalue weighted by atomic mass is 9.95. The second-order valence-electron chi connectivity index (χ2n) is 5.09. The molecular formula is C11H20N2O5S. The standard InChI is InChI=1S/C11H20N2O5S/c1-7-5-8(9(6-7)11(15)16)10(14)12-3-4-13-19(2,17)18/h7-9,13H,3-6H2,1-2H3,(H,12,14)(H,15,16)/t7?,8-,9+/m0/s1. The third kappa shape index (κ3) is 5.15. The van der Waals surface area contributed by atoms with E-state index in [1.54, 1.807) is 0 Å². The molecule has 1 amide bonds. The monoisotopic (exact) mass is 292 g/mol. The highest BCUT2D eigenvalue weighted by atomic mass is 32.2. The van der Waals surface area contributed by atoms with Crippen molar-refractivity contribution in [2.24, 2.45) is 17.8 Å². The van der Waals surface area contributed by atoms with E-state index in [-0.39, 0.29) is 24.9 Å². The predicted molar refractivity (Wildman–Crippen MR) is 68.9 cm³/mol. The lowest BCUT2D eigenvalue weighted by molar-refractivity contribution is -0.146. The minimum atomic E-state index is -3.27. The quantitative estimate of drug-likeness (QED) is 0.566. The van der Waals surface area contributed by atoms with Crippen LogP contribution in [0.4, 0.5) is 0 Å². The molecule has 0 heterocycles. The molecule has 3 atom stereocenters. The molecule has 7 nitrogen and oxygen atoms in total. The molecule has 0 aromatic rings. The van der Waals surface area contributed by atoms with E-state index in [0.29, 0.717) is 12.8 Å². The van der Waals surface area contributed by atoms with Crippen molar-refractivity contribution in [2.45, 2.75) is 19.8 Å². The van der Waals surface area contributed by atoms with E-state index in [2.05, 4.69) is 10.0 Å². The van der Waals surface area contributed by atoms with Gasteiger partial charge in [0, 0.05) is 13.1 Å². The van der Waals surface area contributed by atoms with Crippen molar-refractivity contribution in [1.82, 2.24) is 10.0 Å². The Morgan fingerprint density at radius 3 is 2.32 bits per heavy atom. The zero-order valence-corrected chi connectivity index (χ0v) is 11.9. The number of rotatable bonds is 6. The van der Waals surface area contributed by atoms with Gasteiger partial charge in [-0.3, -0.25) is 9.59 Å². The normalized spacial score (nSPS) is 27.2. The molecule has 0 aliphatic heterocycles. The van der Waals surface area contributed by atoms with E-state index in [0.717, 1.165) is 6.26 Å². The van der Waals surface area contributed by atoms with Crippen LogP contribution in [0.25, 0.3) is 0 Å². The van der Waals surface area contributed by atoms with E-state index in [4.69, 9.17) is 5.11 Å². The number of carboxylic acid groups (broad SMARTS) is 1. The predicted octanol–water partition coefficient (Wildman–Crippen LogP) is -0.601. The van der Waals surface area contributed by atoms with Crippen LogP contribution in [0.2, 0.25) is 0 Å². The van der Waals surface area contributed by atoms with Crippen LogP contribution in [0, 0.1) is 17.8 Å². The highest BCUT2D eigenvalue weighted by Crippen LogP contribution is 2.36. The first-order valence-corrected chi connectivity index (χ1v) is 8.05. The lowest BCUT2D eigenvalue weighted by Crippen LogP contribution is -2.39. The van der Waals surface area contributed by atoms with Gasteiger partial charge < -0.3 is 10.4 Å². The molecule has 1 fully saturated rings. The number of carbonyl (C=O) groups is 2. The molecule has 8 heteroatoms. The van der Waals surface area contributed by atoms with Crippen molar-refractivity contribution in [3.05, 3.63) is 0 Å². The molecule has 3 N–H and O–H groups in total. The van der Waals surface area contributed by atoms with Gasteiger partial charge in [-0.15, -0.1) is 0 Å². The fourth-order valence-electron chi connectivity index (χ4n) is 2.41. The minimum Gasteiger partial charge on any atom is -0.481 e. The average molecular weight is 292 g/mol. The van der Waals surface area contributed by atoms with Gasteiger partial charge in [-0.2, -0.15) is 0 Å². The van der Waals surface area contributed by atoms with Crippen LogP contribution in [0.5, 0.6) is 0 Å². The second-order valence-corrected chi connectivity index (χ2v) is 6.92. The van der Waals surface area contributed by atoms with Crippen LogP contribution in [0.15, 0.2) is 0 Å². The van der Waals surface area contributed by atoms with Gasteiger partial charge in [0.15, 0.2) is 0 Å². The molecule has 1 aliphatic carbocycles. The molecule has 1 unspecified atom stereocenters. The highest BCUT2D eigenvalue weighted by molar-refractivity contribution is 7.88. The second kappa shape index (κ2) is 6.33. The van der Waals surface area contributed by atoms with Gasteiger partial charge in [0.2, 0.25) is 15.9 Å². The fourth-order valence-corrected chi connectivity index (χ4v) is 2.88. The van der Waals surface area contributed by atoms with Crippen LogP contribution in [-0.4, -0.2) is 44.7 Å². The van der Waals surface area contributed by atoms with Gasteiger partial charge in [-0.1, -0.05) is 6.92 Å². The van der Waals surface area contributed by atoms with Gasteiger partial charge in [0.25, 0.3) is 0 Å². The third-order valence-corrected chi connectivity index (χ3v) is 3.97. The Kier molecular flexibility index (Phi) is 5.30. The number of hydrogen-bond acceptors (Lipinski definition) is 4. The number of nitrogens with one attached hydrogen (secondary N) is 2. The Morgan fingerprint density at radius 1 is 1.21 bits per heavy atom. The Morgan fingerprint density at radius 2 is 1.79 bits per heavy atom. The summed E-state index contributed by atoms with van der Waals surface area (Å²) >= 11 is 0. The third-order valence-electron chi connectivity index (χ3n) is 3.24. The van der Waals surface area contributed by atoms with Gasteiger partial charge >= 0.3 is 5.97 Å². The summed E-state index contributed by atoms with van der Waals surface area (Å²) in [6.45, 7) is 2.18. The van der Waals surface area contributed by atoms with E-state index < -0.39 is 27.8 Å². The van der Waals surface area contributed by atoms with Crippen molar-refractivity contribution < 1.29 is 23.1 Å². The molecular weight excluding hydrogens is 272 g/mol. The molecule has 0 saturated heterocycles. The SMILES string of the molecule is CC1C[C@H](C(=O)NCCNS(C)(=O)=O)[C@H](C(=O)O)C1. The van der Waals surface area contributed by atoms with Crippen LogP contribution < -0.4 is 10.0 Å². The zero-order chi connectivity index (χ0) is 14.6. The highest BCUT2D eigenvalue weighted by Gasteiger charge is 2.40. The summed E-state index contributed by atoms with van der Waals surface area (Å²) in [4.78, 5) is 22.9. The number of aliphatic carboxylic acids is 1. The van der Waals surface area contributed by atoms with Gasteiger partial charge in [-0.05, 0) is 18.8 Å². The van der Waals surface area contributed by atoms with Crippen LogP contribution in [0.3, 0.4) is 0 Å². The number of amides is 1. The van der Waals surface area contributed by atoms with E-state index in [9.17, 15) is 18.0 Å². The molecule has 1 rings (SSSR count). The molecule has 19 heavy (non-hydrogen) atoms. The lowest BCUT2D eigenvalue weighted by Gasteiger charge is -2.15. The molecule has 0 aromatic carbocycles. The minimum absolute atomic E-state index is 0.102. The van der Waals surface area contributed by atoms with Gasteiger partial charge in [0.05, 0.1) is 18.1 Å². The summed E-state index contributed by atoms with van der Waals surface area (Å²) in [5, 5.41) is 11.6. The number of carboxylic acids is 1. The van der Waals surface area contributed by atoms with Crippen LogP contribution >= 0.6 is 0 Å². The first-order valence-electron chi connectivity index (χ1n) is 6.16. The summed E-state index contributed by atoms with van der Waals surface area (Å²) in [7, 11) is -3.27. The number of sulfonamides is 1. The Labute approximate surface area is 112 Å². The molecule has 0 aromatic heterocycles. The topological polar surface area (TPSA) is 113 Å². The zero-order valence-electron chi connectivity index (χ0n) is 11.0. The number of hydrogen-bond donors (Lipinski definition) is 3. The van der Waals surface area contributed by atoms with Gasteiger partial charge in [0.1, 0.15) is 0 Å². The molecule has 110 valence electrons. The molecule has 1 saturated carbocycles. The van der Waals surface area contributed by atoms with E-state index in [1.807, 2.05) is 6.92 Å². The number of carbonyl (C=O) groups excluding carboxylic acids is 1. The Balaban J connectivity index is 2.42. The van der Waals surface area contributed by atoms with Crippen LogP contribution in [-0.2, 0) is 19.6 Å². The van der Waals surface area contributed by atoms with Crippen molar-refractivity contribution in [3.8, 4) is 0 Å². The maximum atomic E-state index is 11.9. The molecule has 0 radical (unpaired) electrons. The summed E-state index contributed by atoms with van der Waals surface area (Å²) in [6.07, 6.45) is 2.10. The molecule has 0 bridgehead atoms. The van der Waals surface area contributed by atoms with Crippen LogP contribution in [0.1, 0.15) is 19.8 Å². The summed E-state index contributed by atoms with van der Waals surface area (Å²) in [5.74, 6) is -2.21. The van der Waals surface area contributed by atoms with Crippen molar-refractivity contribution in [2.75, 3.05) is 19.3 Å². The fraction of sp³-hybridized carbons (Fsp3) is 0.818. The largest absolute Gasteiger partial charge is 0.481 e. The summed E-state index contributed by atoms with van der Waals surface area (Å²) in [5.41, 5.74) is 0. The molecule has 0 spiro atoms. The average Bonchev–Trinajstić information content (AvgIpc) is 2.65. The van der Waals surface area contributed by atoms with E-state index >= 15 is 0 Å². The summed E-state index contributed by atoms with van der Waals surface area (Å²) in [6, 6.07) is 0. The smallest absolute Gasteiger partial charge is 0.307 e. The van der Waals surface area contributed by atoms with Crippen molar-refractivity contribution in [3.63, 3.8) is 0 Å². The maximum absolute atomic E-state index is 11.9. The van der Waals surface area contributed by atoms with Gasteiger partial charge in [-0.25, -0.2) is 13.1 Å². The summed E-state index contributed by atoms with van der Waals surface area (Å²) < 4.78 is 23.9. The first-order chi connectivity index (χ1) is 8.70. The molecule has 1 aliphatic rings. The van der Waals surface area contributed by atoms with Crippen molar-refractivity contribution >= 4 is 21.9 Å². The van der Waals surface area contributed by atoms with E-state index in [1.165, 1.54) is 0 Å². The first kappa shape index (κ1) is 15.9. The maximum Gasteiger partial charge on any atom is 0.307 e.